The zero-order chi connectivity index (χ0) is 21.9. The third kappa shape index (κ3) is 4.36. The Labute approximate surface area is 204 Å². The molecule has 6 rings (SSSR count). The molecule has 0 amide bonds. The van der Waals surface area contributed by atoms with Gasteiger partial charge in [-0.3, -0.25) is 0 Å². The van der Waals surface area contributed by atoms with Crippen LogP contribution in [0.3, 0.4) is 0 Å². The van der Waals surface area contributed by atoms with Crippen LogP contribution in [0.4, 0.5) is 0 Å². The fourth-order valence-electron chi connectivity index (χ4n) is 4.42. The van der Waals surface area contributed by atoms with Crippen LogP contribution < -0.4 is 5.11 Å². The number of aryl methyl sites for hydroxylation is 1. The molecule has 0 saturated carbocycles. The molecule has 1 N–H and O–H groups in total. The number of hydrogen-bond donors (Lipinski definition) is 1. The van der Waals surface area contributed by atoms with Gasteiger partial charge >= 0.3 is 17.1 Å². The maximum atomic E-state index is 13.3. The predicted octanol–water partition coefficient (Wildman–Crippen LogP) is 5.95. The van der Waals surface area contributed by atoms with Crippen LogP contribution in [0.1, 0.15) is 28.4 Å². The summed E-state index contributed by atoms with van der Waals surface area (Å²) in [7, 11) is 0. The summed E-state index contributed by atoms with van der Waals surface area (Å²) in [4.78, 5) is 5.35. The molecule has 164 valence electrons. The summed E-state index contributed by atoms with van der Waals surface area (Å²) in [6, 6.07) is 26.4. The number of rotatable bonds is 2. The van der Waals surface area contributed by atoms with Crippen LogP contribution in [-0.4, -0.2) is 9.88 Å². The molecule has 0 bridgehead atoms. The number of aromatic nitrogens is 1. The molecule has 3 nitrogen and oxygen atoms in total. The van der Waals surface area contributed by atoms with E-state index in [-0.39, 0.29) is 29.0 Å². The van der Waals surface area contributed by atoms with E-state index in [0.717, 1.165) is 33.3 Å². The van der Waals surface area contributed by atoms with Gasteiger partial charge in [0.2, 0.25) is 0 Å². The van der Waals surface area contributed by atoms with Crippen molar-refractivity contribution >= 4 is 17.0 Å². The Balaban J connectivity index is 0.000000385. The average molecular weight is 472 g/mol. The van der Waals surface area contributed by atoms with E-state index in [1.807, 2.05) is 96.1 Å². The maximum absolute atomic E-state index is 13.3. The van der Waals surface area contributed by atoms with Crippen LogP contribution in [0.5, 0.6) is 0 Å². The molecule has 2 heterocycles. The molecule has 0 fully saturated rings. The van der Waals surface area contributed by atoms with Crippen molar-refractivity contribution in [1.82, 2.24) is 9.88 Å². The molecule has 0 saturated heterocycles. The number of nitrogens with one attached hydrogen (secondary N) is 1. The number of hydrogen-bond acceptors (Lipinski definition) is 2. The summed E-state index contributed by atoms with van der Waals surface area (Å²) in [5.74, 6) is 0.0143. The van der Waals surface area contributed by atoms with E-state index < -0.39 is 0 Å². The van der Waals surface area contributed by atoms with Crippen LogP contribution in [-0.2, 0) is 17.1 Å². The molecule has 1 aliphatic carbocycles. The predicted molar refractivity (Wildman–Crippen MR) is 130 cm³/mol. The van der Waals surface area contributed by atoms with E-state index in [2.05, 4.69) is 36.2 Å². The van der Waals surface area contributed by atoms with Gasteiger partial charge in [-0.25, -0.2) is 12.1 Å². The Kier molecular flexibility index (Phi) is 6.79. The molecular weight excluding hydrogens is 448 g/mol. The van der Waals surface area contributed by atoms with Gasteiger partial charge < -0.3 is 15.0 Å². The maximum Gasteiger partial charge on any atom is 2.00 e. The molecule has 1 unspecified atom stereocenters. The fourth-order valence-corrected chi connectivity index (χ4v) is 4.42. The Bertz CT molecular complexity index is 1320. The molecule has 1 atom stereocenters. The van der Waals surface area contributed by atoms with Crippen LogP contribution in [0.15, 0.2) is 121 Å². The van der Waals surface area contributed by atoms with Gasteiger partial charge in [0, 0.05) is 28.4 Å². The van der Waals surface area contributed by atoms with Crippen molar-refractivity contribution in [2.75, 3.05) is 0 Å². The van der Waals surface area contributed by atoms with Crippen molar-refractivity contribution in [3.8, 4) is 0 Å². The van der Waals surface area contributed by atoms with Crippen LogP contribution in [0.25, 0.3) is 17.0 Å². The van der Waals surface area contributed by atoms with Gasteiger partial charge in [0.25, 0.3) is 0 Å². The molecule has 1 aliphatic heterocycles. The SMILES string of the molecule is Cc1[nH]c2ccccc2c1C1c2ccccc2C=CN1C([O-])=C1C=CC=C1.[Fe+2].c1cc[cH-]c1. The van der Waals surface area contributed by atoms with E-state index in [9.17, 15) is 5.11 Å². The number of nitrogens with zero attached hydrogens (tertiary/aromatic N) is 1. The van der Waals surface area contributed by atoms with Crippen molar-refractivity contribution in [3.63, 3.8) is 0 Å². The second kappa shape index (κ2) is 9.91. The Morgan fingerprint density at radius 1 is 0.909 bits per heavy atom. The van der Waals surface area contributed by atoms with Gasteiger partial charge in [0.1, 0.15) is 0 Å². The van der Waals surface area contributed by atoms with Crippen molar-refractivity contribution in [2.24, 2.45) is 0 Å². The number of fused-ring (bicyclic) bond motifs is 2. The zero-order valence-corrected chi connectivity index (χ0v) is 19.4. The monoisotopic (exact) mass is 472 g/mol. The number of benzene rings is 2. The summed E-state index contributed by atoms with van der Waals surface area (Å²) in [5.41, 5.74) is 6.35. The fraction of sp³-hybridized carbons (Fsp3) is 0.0690. The summed E-state index contributed by atoms with van der Waals surface area (Å²) in [6.07, 6.45) is 11.5. The zero-order valence-electron chi connectivity index (χ0n) is 18.3. The minimum Gasteiger partial charge on any atom is -0.860 e. The normalized spacial score (nSPS) is 15.7. The first-order chi connectivity index (χ1) is 15.7. The summed E-state index contributed by atoms with van der Waals surface area (Å²) in [5, 5.41) is 14.4. The molecule has 1 aromatic heterocycles. The number of allylic oxidation sites excluding steroid dienone is 5. The van der Waals surface area contributed by atoms with Gasteiger partial charge in [-0.2, -0.15) is 18.2 Å². The molecule has 33 heavy (non-hydrogen) atoms. The topological polar surface area (TPSA) is 42.1 Å². The van der Waals surface area contributed by atoms with Gasteiger partial charge in [-0.05, 0) is 41.6 Å². The van der Waals surface area contributed by atoms with Crippen LogP contribution in [0, 0.1) is 6.92 Å². The van der Waals surface area contributed by atoms with Gasteiger partial charge in [0.15, 0.2) is 0 Å². The summed E-state index contributed by atoms with van der Waals surface area (Å²) < 4.78 is 0. The Morgan fingerprint density at radius 3 is 2.33 bits per heavy atom. The van der Waals surface area contributed by atoms with Crippen molar-refractivity contribution in [1.29, 1.82) is 0 Å². The average Bonchev–Trinajstić information content (AvgIpc) is 3.61. The first-order valence-corrected chi connectivity index (χ1v) is 10.8. The first-order valence-electron chi connectivity index (χ1n) is 10.8. The largest absolute Gasteiger partial charge is 2.00 e. The van der Waals surface area contributed by atoms with Gasteiger partial charge in [-0.1, -0.05) is 66.8 Å². The summed E-state index contributed by atoms with van der Waals surface area (Å²) in [6.45, 7) is 2.08. The van der Waals surface area contributed by atoms with Gasteiger partial charge in [0.05, 0.1) is 6.04 Å². The van der Waals surface area contributed by atoms with Crippen molar-refractivity contribution in [2.45, 2.75) is 13.0 Å². The summed E-state index contributed by atoms with van der Waals surface area (Å²) >= 11 is 0. The minimum absolute atomic E-state index is 0. The first kappa shape index (κ1) is 22.6. The molecule has 3 aromatic carbocycles. The quantitative estimate of drug-likeness (QED) is 0.223. The van der Waals surface area contributed by atoms with Gasteiger partial charge in [-0.15, -0.1) is 0 Å². The van der Waals surface area contributed by atoms with E-state index >= 15 is 0 Å². The number of H-pyrrole nitrogens is 1. The second-order valence-corrected chi connectivity index (χ2v) is 7.90. The second-order valence-electron chi connectivity index (χ2n) is 7.90. The Hall–Kier alpha value is -3.59. The molecule has 0 radical (unpaired) electrons. The molecule has 4 aromatic rings. The van der Waals surface area contributed by atoms with Crippen LogP contribution >= 0.6 is 0 Å². The van der Waals surface area contributed by atoms with Crippen LogP contribution in [0.2, 0.25) is 0 Å². The standard InChI is InChI=1S/C24H20N2O.C5H5.Fe/c1-16-22(20-12-6-7-13-21(20)25-16)23-19-11-5-4-8-17(19)14-15-26(23)24(27)18-9-2-3-10-18;1-2-4-5-3-1;/h2-15,23,25,27H,1H3;1-5H;/q;-1;+2/p-1. The van der Waals surface area contributed by atoms with Crippen molar-refractivity contribution in [3.05, 3.63) is 143 Å². The van der Waals surface area contributed by atoms with Crippen molar-refractivity contribution < 1.29 is 22.2 Å². The van der Waals surface area contributed by atoms with E-state index in [0.29, 0.717) is 5.57 Å². The molecule has 4 heteroatoms. The third-order valence-electron chi connectivity index (χ3n) is 5.90. The smallest absolute Gasteiger partial charge is 0.860 e. The van der Waals surface area contributed by atoms with E-state index in [1.165, 1.54) is 0 Å². The number of aromatic amines is 1. The van der Waals surface area contributed by atoms with E-state index in [1.54, 1.807) is 0 Å². The third-order valence-corrected chi connectivity index (χ3v) is 5.90. The Morgan fingerprint density at radius 2 is 1.61 bits per heavy atom. The minimum atomic E-state index is -0.162. The molecule has 0 spiro atoms. The molecular formula is C29H24FeN2O. The number of para-hydroxylation sites is 1. The van der Waals surface area contributed by atoms with E-state index in [4.69, 9.17) is 0 Å². The molecule has 2 aliphatic rings.